The van der Waals surface area contributed by atoms with Gasteiger partial charge in [0.2, 0.25) is 0 Å². The van der Waals surface area contributed by atoms with Gasteiger partial charge in [-0.3, -0.25) is 9.69 Å². The quantitative estimate of drug-likeness (QED) is 0.290. The number of aryl methyl sites for hydroxylation is 2. The third-order valence-corrected chi connectivity index (χ3v) is 7.39. The van der Waals surface area contributed by atoms with E-state index < -0.39 is 0 Å². The average Bonchev–Trinajstić information content (AvgIpc) is 3.12. The number of aliphatic imine (C=N–C) groups is 1. The minimum Gasteiger partial charge on any atom is -0.492 e. The van der Waals surface area contributed by atoms with Crippen LogP contribution >= 0.6 is 46.6 Å². The molecule has 1 heterocycles. The lowest BCUT2D eigenvalue weighted by Crippen LogP contribution is -2.28. The molecule has 0 radical (unpaired) electrons. The van der Waals surface area contributed by atoms with Gasteiger partial charge in [0.15, 0.2) is 5.17 Å². The van der Waals surface area contributed by atoms with Crippen LogP contribution in [0.4, 0.5) is 11.4 Å². The second kappa shape index (κ2) is 11.1. The van der Waals surface area contributed by atoms with Gasteiger partial charge in [0.05, 0.1) is 27.9 Å². The van der Waals surface area contributed by atoms with Gasteiger partial charge in [-0.15, -0.1) is 0 Å². The number of thioether (sulfide) groups is 1. The zero-order valence-electron chi connectivity index (χ0n) is 19.4. The first-order chi connectivity index (χ1) is 16.8. The van der Waals surface area contributed by atoms with Gasteiger partial charge in [-0.05, 0) is 91.2 Å². The highest BCUT2D eigenvalue weighted by molar-refractivity contribution is 8.19. The van der Waals surface area contributed by atoms with Crippen molar-refractivity contribution in [2.75, 3.05) is 11.5 Å². The second-order valence-corrected chi connectivity index (χ2v) is 10.3. The molecule has 1 saturated heterocycles. The van der Waals surface area contributed by atoms with Gasteiger partial charge in [-0.2, -0.15) is 0 Å². The highest BCUT2D eigenvalue weighted by Crippen LogP contribution is 2.39. The summed E-state index contributed by atoms with van der Waals surface area (Å²) in [6, 6.07) is 16.5. The smallest absolute Gasteiger partial charge is 0.271 e. The van der Waals surface area contributed by atoms with E-state index in [1.54, 1.807) is 29.2 Å². The number of hydrogen-bond acceptors (Lipinski definition) is 4. The number of nitrogens with zero attached hydrogens (tertiary/aromatic N) is 2. The molecule has 0 aliphatic carbocycles. The topological polar surface area (TPSA) is 41.9 Å². The Morgan fingerprint density at radius 1 is 0.943 bits per heavy atom. The van der Waals surface area contributed by atoms with Gasteiger partial charge in [0, 0.05) is 10.0 Å². The lowest BCUT2D eigenvalue weighted by Gasteiger charge is -2.16. The fraction of sp³-hybridized carbons (Fsp3) is 0.185. The fourth-order valence-corrected chi connectivity index (χ4v) is 4.94. The van der Waals surface area contributed by atoms with Crippen LogP contribution in [-0.2, 0) is 4.79 Å². The van der Waals surface area contributed by atoms with E-state index in [4.69, 9.17) is 44.5 Å². The van der Waals surface area contributed by atoms with Crippen molar-refractivity contribution in [3.63, 3.8) is 0 Å². The van der Waals surface area contributed by atoms with Gasteiger partial charge >= 0.3 is 0 Å². The monoisotopic (exact) mass is 544 g/mol. The first kappa shape index (κ1) is 25.6. The van der Waals surface area contributed by atoms with E-state index in [-0.39, 0.29) is 5.91 Å². The Hall–Kier alpha value is -2.44. The molecule has 1 fully saturated rings. The molecular formula is C27H23Cl3N2O2S. The van der Waals surface area contributed by atoms with Crippen molar-refractivity contribution in [1.29, 1.82) is 0 Å². The molecule has 0 bridgehead atoms. The zero-order valence-corrected chi connectivity index (χ0v) is 22.5. The molecule has 4 rings (SSSR count). The van der Waals surface area contributed by atoms with Crippen LogP contribution in [0.25, 0.3) is 6.08 Å². The normalized spacial score (nSPS) is 15.9. The Labute approximate surface area is 224 Å². The van der Waals surface area contributed by atoms with Crippen LogP contribution in [0, 0.1) is 13.8 Å². The summed E-state index contributed by atoms with van der Waals surface area (Å²) in [5.74, 6) is 0.421. The van der Waals surface area contributed by atoms with Crippen LogP contribution in [0.15, 0.2) is 64.5 Å². The maximum Gasteiger partial charge on any atom is 0.271 e. The average molecular weight is 546 g/mol. The van der Waals surface area contributed by atoms with Gasteiger partial charge in [-0.25, -0.2) is 4.99 Å². The summed E-state index contributed by atoms with van der Waals surface area (Å²) in [5, 5.41) is 2.19. The summed E-state index contributed by atoms with van der Waals surface area (Å²) < 4.78 is 5.65. The van der Waals surface area contributed by atoms with Crippen LogP contribution in [0.1, 0.15) is 30.0 Å². The molecule has 180 valence electrons. The fourth-order valence-electron chi connectivity index (χ4n) is 3.35. The van der Waals surface area contributed by atoms with Crippen molar-refractivity contribution >= 4 is 75.1 Å². The van der Waals surface area contributed by atoms with Crippen molar-refractivity contribution in [1.82, 2.24) is 0 Å². The standard InChI is InChI=1S/C27H23Cl3N2O2S/c1-4-11-34-24-10-7-18(12-23(24)30)13-25-26(33)32(20-9-6-17(3)22(29)15-20)27(35-25)31-19-8-5-16(2)21(28)14-19/h5-10,12-15H,4,11H2,1-3H3/b25-13+,31-27?. The number of amides is 1. The molecule has 8 heteroatoms. The third kappa shape index (κ3) is 5.87. The second-order valence-electron chi connectivity index (χ2n) is 8.05. The molecule has 1 amide bonds. The molecule has 0 N–H and O–H groups in total. The number of hydrogen-bond donors (Lipinski definition) is 0. The molecule has 0 saturated carbocycles. The van der Waals surface area contributed by atoms with Crippen molar-refractivity contribution in [3.8, 4) is 5.75 Å². The van der Waals surface area contributed by atoms with Crippen molar-refractivity contribution in [3.05, 3.63) is 91.3 Å². The minimum absolute atomic E-state index is 0.200. The Balaban J connectivity index is 1.74. The minimum atomic E-state index is -0.200. The Bertz CT molecular complexity index is 1350. The van der Waals surface area contributed by atoms with E-state index in [9.17, 15) is 4.79 Å². The lowest BCUT2D eigenvalue weighted by molar-refractivity contribution is -0.113. The summed E-state index contributed by atoms with van der Waals surface area (Å²) in [4.78, 5) is 20.4. The molecule has 4 nitrogen and oxygen atoms in total. The number of ether oxygens (including phenoxy) is 1. The number of rotatable bonds is 6. The first-order valence-corrected chi connectivity index (χ1v) is 13.0. The molecule has 1 aliphatic rings. The Morgan fingerprint density at radius 2 is 1.66 bits per heavy atom. The molecule has 3 aromatic carbocycles. The van der Waals surface area contributed by atoms with E-state index in [2.05, 4.69) is 0 Å². The van der Waals surface area contributed by atoms with E-state index >= 15 is 0 Å². The molecule has 3 aromatic rings. The summed E-state index contributed by atoms with van der Waals surface area (Å²) in [7, 11) is 0. The highest BCUT2D eigenvalue weighted by atomic mass is 35.5. The largest absolute Gasteiger partial charge is 0.492 e. The van der Waals surface area contributed by atoms with Crippen molar-refractivity contribution in [2.24, 2.45) is 4.99 Å². The number of carbonyl (C=O) groups excluding carboxylic acids is 1. The van der Waals surface area contributed by atoms with Gasteiger partial charge in [0.25, 0.3) is 5.91 Å². The van der Waals surface area contributed by atoms with E-state index in [0.717, 1.165) is 23.1 Å². The molecule has 35 heavy (non-hydrogen) atoms. The number of halogens is 3. The number of amidine groups is 1. The molecule has 0 atom stereocenters. The Morgan fingerprint density at radius 3 is 2.31 bits per heavy atom. The van der Waals surface area contributed by atoms with Gasteiger partial charge < -0.3 is 4.74 Å². The third-order valence-electron chi connectivity index (χ3n) is 5.32. The van der Waals surface area contributed by atoms with Crippen LogP contribution in [0.5, 0.6) is 5.75 Å². The molecule has 0 unspecified atom stereocenters. The number of carbonyl (C=O) groups is 1. The van der Waals surface area contributed by atoms with Crippen molar-refractivity contribution < 1.29 is 9.53 Å². The van der Waals surface area contributed by atoms with Crippen LogP contribution < -0.4 is 9.64 Å². The van der Waals surface area contributed by atoms with Crippen LogP contribution in [0.2, 0.25) is 15.1 Å². The van der Waals surface area contributed by atoms with Crippen molar-refractivity contribution in [2.45, 2.75) is 27.2 Å². The first-order valence-electron chi connectivity index (χ1n) is 11.0. The SMILES string of the molecule is CCCOc1ccc(/C=C2/SC(=Nc3ccc(C)c(Cl)c3)N(c3ccc(C)c(Cl)c3)C2=O)cc1Cl. The molecule has 0 aromatic heterocycles. The number of anilines is 1. The van der Waals surface area contributed by atoms with Crippen LogP contribution in [0.3, 0.4) is 0 Å². The molecule has 1 aliphatic heterocycles. The Kier molecular flexibility index (Phi) is 8.12. The summed E-state index contributed by atoms with van der Waals surface area (Å²) in [6.45, 7) is 6.47. The summed E-state index contributed by atoms with van der Waals surface area (Å²) >= 11 is 20.4. The highest BCUT2D eigenvalue weighted by Gasteiger charge is 2.35. The predicted molar refractivity (Wildman–Crippen MR) is 150 cm³/mol. The molecule has 0 spiro atoms. The summed E-state index contributed by atoms with van der Waals surface area (Å²) in [6.07, 6.45) is 2.69. The van der Waals surface area contributed by atoms with E-state index in [1.807, 2.05) is 57.2 Å². The number of benzene rings is 3. The lowest BCUT2D eigenvalue weighted by atomic mass is 10.2. The predicted octanol–water partition coefficient (Wildman–Crippen LogP) is 8.86. The van der Waals surface area contributed by atoms with Gasteiger partial charge in [0.1, 0.15) is 5.75 Å². The van der Waals surface area contributed by atoms with Crippen LogP contribution in [-0.4, -0.2) is 17.7 Å². The van der Waals surface area contributed by atoms with E-state index in [0.29, 0.717) is 48.9 Å². The van der Waals surface area contributed by atoms with Gasteiger partial charge in [-0.1, -0.05) is 59.9 Å². The maximum absolute atomic E-state index is 13.6. The molecular weight excluding hydrogens is 523 g/mol. The van der Waals surface area contributed by atoms with E-state index in [1.165, 1.54) is 11.8 Å². The maximum atomic E-state index is 13.6. The zero-order chi connectivity index (χ0) is 25.1. The summed E-state index contributed by atoms with van der Waals surface area (Å²) in [5.41, 5.74) is 3.96.